The first-order chi connectivity index (χ1) is 14.6. The van der Waals surface area contributed by atoms with E-state index in [2.05, 4.69) is 15.3 Å². The van der Waals surface area contributed by atoms with E-state index in [0.717, 1.165) is 35.4 Å². The van der Waals surface area contributed by atoms with E-state index in [4.69, 9.17) is 4.74 Å². The Balaban J connectivity index is 1.40. The fourth-order valence-electron chi connectivity index (χ4n) is 3.47. The van der Waals surface area contributed by atoms with Crippen LogP contribution in [0.25, 0.3) is 11.1 Å². The third-order valence-corrected chi connectivity index (χ3v) is 5.15. The second kappa shape index (κ2) is 8.92. The summed E-state index contributed by atoms with van der Waals surface area (Å²) in [6.45, 7) is 1.08. The van der Waals surface area contributed by atoms with Gasteiger partial charge in [-0.25, -0.2) is 9.97 Å². The van der Waals surface area contributed by atoms with Gasteiger partial charge in [-0.15, -0.1) is 0 Å². The zero-order chi connectivity index (χ0) is 20.9. The molecule has 1 aliphatic rings. The highest BCUT2D eigenvalue weighted by Crippen LogP contribution is 2.22. The zero-order valence-corrected chi connectivity index (χ0v) is 16.8. The smallest absolute Gasteiger partial charge is 0.253 e. The number of amides is 1. The molecule has 0 spiro atoms. The minimum absolute atomic E-state index is 0.0552. The Morgan fingerprint density at radius 2 is 1.77 bits per heavy atom. The summed E-state index contributed by atoms with van der Waals surface area (Å²) >= 11 is 0. The maximum absolute atomic E-state index is 12.6. The molecular formula is C23H24N4O3. The molecule has 1 saturated heterocycles. The Labute approximate surface area is 175 Å². The highest BCUT2D eigenvalue weighted by atomic mass is 16.5. The molecule has 4 rings (SSSR count). The number of ether oxygens (including phenoxy) is 1. The number of anilines is 2. The Hall–Kier alpha value is -3.45. The van der Waals surface area contributed by atoms with E-state index in [1.54, 1.807) is 36.5 Å². The summed E-state index contributed by atoms with van der Waals surface area (Å²) in [5, 5.41) is 12.9. The first kappa shape index (κ1) is 19.8. The third kappa shape index (κ3) is 4.58. The van der Waals surface area contributed by atoms with Crippen molar-refractivity contribution < 1.29 is 14.6 Å². The molecule has 7 nitrogen and oxygen atoms in total. The number of methoxy groups -OCH3 is 1. The number of piperidine rings is 1. The molecule has 3 aromatic rings. The van der Waals surface area contributed by atoms with Gasteiger partial charge in [0.1, 0.15) is 5.75 Å². The predicted molar refractivity (Wildman–Crippen MR) is 115 cm³/mol. The van der Waals surface area contributed by atoms with E-state index >= 15 is 0 Å². The van der Waals surface area contributed by atoms with Crippen LogP contribution >= 0.6 is 0 Å². The van der Waals surface area contributed by atoms with Gasteiger partial charge in [0.15, 0.2) is 0 Å². The van der Waals surface area contributed by atoms with E-state index < -0.39 is 6.10 Å². The lowest BCUT2D eigenvalue weighted by Gasteiger charge is -2.30. The normalized spacial score (nSPS) is 16.2. The molecule has 30 heavy (non-hydrogen) atoms. The van der Waals surface area contributed by atoms with Crippen molar-refractivity contribution in [1.29, 1.82) is 0 Å². The molecule has 0 saturated carbocycles. The van der Waals surface area contributed by atoms with Crippen LogP contribution in [0.1, 0.15) is 23.2 Å². The SMILES string of the molecule is COc1ccc(-c2cnc(Nc3ccc(C(=O)N4CCCC(O)C4)cc3)nc2)cc1. The minimum Gasteiger partial charge on any atom is -0.497 e. The summed E-state index contributed by atoms with van der Waals surface area (Å²) in [5.74, 6) is 1.22. The highest BCUT2D eigenvalue weighted by Gasteiger charge is 2.22. The maximum Gasteiger partial charge on any atom is 0.253 e. The van der Waals surface area contributed by atoms with Crippen LogP contribution in [-0.4, -0.2) is 52.2 Å². The summed E-state index contributed by atoms with van der Waals surface area (Å²) in [6, 6.07) is 14.9. The first-order valence-corrected chi connectivity index (χ1v) is 9.93. The number of benzene rings is 2. The van der Waals surface area contributed by atoms with Gasteiger partial charge in [-0.1, -0.05) is 12.1 Å². The van der Waals surface area contributed by atoms with Gasteiger partial charge in [0.25, 0.3) is 5.91 Å². The molecule has 0 bridgehead atoms. The molecule has 0 aliphatic carbocycles. The Morgan fingerprint density at radius 1 is 1.07 bits per heavy atom. The highest BCUT2D eigenvalue weighted by molar-refractivity contribution is 5.94. The number of aliphatic hydroxyl groups is 1. The van der Waals surface area contributed by atoms with Gasteiger partial charge < -0.3 is 20.1 Å². The van der Waals surface area contributed by atoms with Crippen LogP contribution in [0.2, 0.25) is 0 Å². The number of likely N-dealkylation sites (tertiary alicyclic amines) is 1. The monoisotopic (exact) mass is 404 g/mol. The van der Waals surface area contributed by atoms with Gasteiger partial charge >= 0.3 is 0 Å². The molecule has 1 aliphatic heterocycles. The van der Waals surface area contributed by atoms with E-state index in [9.17, 15) is 9.90 Å². The van der Waals surface area contributed by atoms with Crippen molar-refractivity contribution >= 4 is 17.5 Å². The predicted octanol–water partition coefficient (Wildman–Crippen LogP) is 3.49. The summed E-state index contributed by atoms with van der Waals surface area (Å²) in [4.78, 5) is 23.0. The molecule has 1 aromatic heterocycles. The Bertz CT molecular complexity index is 988. The fourth-order valence-corrected chi connectivity index (χ4v) is 3.47. The van der Waals surface area contributed by atoms with Crippen LogP contribution in [0.4, 0.5) is 11.6 Å². The number of rotatable bonds is 5. The molecule has 0 radical (unpaired) electrons. The fraction of sp³-hybridized carbons (Fsp3) is 0.261. The van der Waals surface area contributed by atoms with Crippen molar-refractivity contribution in [3.05, 3.63) is 66.5 Å². The topological polar surface area (TPSA) is 87.6 Å². The van der Waals surface area contributed by atoms with Crippen molar-refractivity contribution in [1.82, 2.24) is 14.9 Å². The number of hydrogen-bond acceptors (Lipinski definition) is 6. The lowest BCUT2D eigenvalue weighted by atomic mass is 10.1. The van der Waals surface area contributed by atoms with E-state index in [-0.39, 0.29) is 5.91 Å². The number of β-amino-alcohol motifs (C(OH)–C–C–N with tert-alkyl or cyclic N) is 1. The minimum atomic E-state index is -0.429. The van der Waals surface area contributed by atoms with Crippen molar-refractivity contribution in [3.63, 3.8) is 0 Å². The summed E-state index contributed by atoms with van der Waals surface area (Å²) in [5.41, 5.74) is 3.31. The van der Waals surface area contributed by atoms with E-state index in [1.165, 1.54) is 0 Å². The van der Waals surface area contributed by atoms with E-state index in [1.807, 2.05) is 36.4 Å². The zero-order valence-electron chi connectivity index (χ0n) is 16.8. The number of nitrogens with zero attached hydrogens (tertiary/aromatic N) is 3. The molecular weight excluding hydrogens is 380 g/mol. The second-order valence-corrected chi connectivity index (χ2v) is 7.27. The van der Waals surface area contributed by atoms with Gasteiger partial charge in [-0.2, -0.15) is 0 Å². The van der Waals surface area contributed by atoms with Gasteiger partial charge in [-0.05, 0) is 54.8 Å². The lowest BCUT2D eigenvalue weighted by molar-refractivity contribution is 0.0474. The quantitative estimate of drug-likeness (QED) is 0.677. The van der Waals surface area contributed by atoms with Gasteiger partial charge in [0.05, 0.1) is 13.2 Å². The molecule has 1 atom stereocenters. The van der Waals surface area contributed by atoms with Crippen molar-refractivity contribution in [2.75, 3.05) is 25.5 Å². The van der Waals surface area contributed by atoms with Crippen LogP contribution in [0.5, 0.6) is 5.75 Å². The largest absolute Gasteiger partial charge is 0.497 e. The lowest BCUT2D eigenvalue weighted by Crippen LogP contribution is -2.42. The molecule has 1 unspecified atom stereocenters. The van der Waals surface area contributed by atoms with Crippen molar-refractivity contribution in [3.8, 4) is 16.9 Å². The van der Waals surface area contributed by atoms with Crippen molar-refractivity contribution in [2.24, 2.45) is 0 Å². The van der Waals surface area contributed by atoms with Gasteiger partial charge in [0, 0.05) is 42.3 Å². The molecule has 1 amide bonds. The van der Waals surface area contributed by atoms with Crippen LogP contribution < -0.4 is 10.1 Å². The first-order valence-electron chi connectivity index (χ1n) is 9.93. The number of hydrogen-bond donors (Lipinski definition) is 2. The maximum atomic E-state index is 12.6. The van der Waals surface area contributed by atoms with Crippen LogP contribution in [-0.2, 0) is 0 Å². The van der Waals surface area contributed by atoms with Crippen LogP contribution in [0, 0.1) is 0 Å². The average molecular weight is 404 g/mol. The summed E-state index contributed by atoms with van der Waals surface area (Å²) < 4.78 is 5.18. The van der Waals surface area contributed by atoms with Crippen LogP contribution in [0.15, 0.2) is 60.9 Å². The summed E-state index contributed by atoms with van der Waals surface area (Å²) in [7, 11) is 1.64. The third-order valence-electron chi connectivity index (χ3n) is 5.15. The molecule has 2 heterocycles. The van der Waals surface area contributed by atoms with E-state index in [0.29, 0.717) is 24.6 Å². The van der Waals surface area contributed by atoms with Crippen molar-refractivity contribution in [2.45, 2.75) is 18.9 Å². The number of carbonyl (C=O) groups is 1. The average Bonchev–Trinajstić information content (AvgIpc) is 2.80. The number of nitrogens with one attached hydrogen (secondary N) is 1. The number of carbonyl (C=O) groups excluding carboxylic acids is 1. The molecule has 2 aromatic carbocycles. The number of aromatic nitrogens is 2. The standard InChI is InChI=1S/C23H24N4O3/c1-30-21-10-6-16(7-11-21)18-13-24-23(25-14-18)26-19-8-4-17(5-9-19)22(29)27-12-2-3-20(28)15-27/h4-11,13-14,20,28H,2-3,12,15H2,1H3,(H,24,25,26). The Morgan fingerprint density at radius 3 is 2.40 bits per heavy atom. The molecule has 1 fully saturated rings. The van der Waals surface area contributed by atoms with Gasteiger partial charge in [-0.3, -0.25) is 4.79 Å². The Kier molecular flexibility index (Phi) is 5.90. The van der Waals surface area contributed by atoms with Gasteiger partial charge in [0.2, 0.25) is 5.95 Å². The summed E-state index contributed by atoms with van der Waals surface area (Å²) in [6.07, 6.45) is 4.68. The molecule has 2 N–H and O–H groups in total. The van der Waals surface area contributed by atoms with Crippen LogP contribution in [0.3, 0.4) is 0 Å². The molecule has 7 heteroatoms. The molecule has 154 valence electrons. The second-order valence-electron chi connectivity index (χ2n) is 7.27. The number of aliphatic hydroxyl groups excluding tert-OH is 1.